The zero-order valence-corrected chi connectivity index (χ0v) is 6.39. The summed E-state index contributed by atoms with van der Waals surface area (Å²) in [6, 6.07) is 0. The van der Waals surface area contributed by atoms with E-state index in [2.05, 4.69) is 0 Å². The maximum absolute atomic E-state index is 8.25. The molecule has 0 unspecified atom stereocenters. The monoisotopic (exact) mass is 194 g/mol. The molecule has 0 aliphatic rings. The first-order valence-electron chi connectivity index (χ1n) is 0.471. The first kappa shape index (κ1) is 379. The Morgan fingerprint density at radius 2 is 0.667 bits per heavy atom. The Morgan fingerprint density at radius 1 is 0.667 bits per heavy atom. The van der Waals surface area contributed by atoms with Gasteiger partial charge in [-0.15, -0.1) is 0 Å². The van der Waals surface area contributed by atoms with Crippen molar-refractivity contribution in [1.82, 2.24) is 0 Å². The maximum atomic E-state index is 8.25. The molecule has 0 spiro atoms. The van der Waals surface area contributed by atoms with Crippen molar-refractivity contribution >= 4 is 7.35 Å². The molecule has 80 valence electrons. The predicted molar refractivity (Wildman–Crippen MR) is 35.4 cm³/mol. The molecular formula is H16BLiO10. The molecule has 0 aromatic heterocycles. The molecule has 0 aliphatic carbocycles. The molecule has 0 saturated carbocycles. The van der Waals surface area contributed by atoms with Crippen LogP contribution < -0.4 is 23.9 Å². The first-order chi connectivity index (χ1) is 1.41. The van der Waals surface area contributed by atoms with Crippen LogP contribution in [0.2, 0.25) is 0 Å². The maximum Gasteiger partial charge on any atom is 1.00 e. The fourth-order valence-electron chi connectivity index (χ4n) is 0. The minimum Gasteiger partial charge on any atom is 1.00 e. The van der Waals surface area contributed by atoms with Crippen molar-refractivity contribution in [1.29, 1.82) is 0 Å². The molecule has 0 heterocycles. The van der Waals surface area contributed by atoms with Crippen LogP contribution in [-0.2, 0) is 4.70 Å². The zero-order chi connectivity index (χ0) is 2.71. The topological polar surface area (TPSA) is 292 Å². The quantitative estimate of drug-likeness (QED) is 0.338. The van der Waals surface area contributed by atoms with E-state index in [1.165, 1.54) is 0 Å². The summed E-state index contributed by atoms with van der Waals surface area (Å²) >= 11 is 0. The predicted octanol–water partition coefficient (Wildman–Crippen LogP) is -11.3. The smallest absolute Gasteiger partial charge is 1.00 e. The van der Waals surface area contributed by atoms with Crippen molar-refractivity contribution in [3.05, 3.63) is 0 Å². The van der Waals surface area contributed by atoms with E-state index in [4.69, 9.17) is 9.73 Å². The van der Waals surface area contributed by atoms with Crippen LogP contribution in [0.3, 0.4) is 0 Å². The number of hydrogen-bond donors (Lipinski definition) is 0. The molecular weight excluding hydrogens is 178 g/mol. The summed E-state index contributed by atoms with van der Waals surface area (Å²) in [6.07, 6.45) is 0. The Morgan fingerprint density at radius 3 is 0.667 bits per heavy atom. The van der Waals surface area contributed by atoms with Gasteiger partial charge in [0.1, 0.15) is 0 Å². The SMILES string of the molecule is O.O.O.O.O.O.O.O.O=B[O-].[Li+]. The zero-order valence-electron chi connectivity index (χ0n) is 6.39. The molecule has 0 bridgehead atoms. The van der Waals surface area contributed by atoms with Gasteiger partial charge >= 0.3 is 35.9 Å². The fourth-order valence-corrected chi connectivity index (χ4v) is 0. The third-order valence-electron chi connectivity index (χ3n) is 0. The van der Waals surface area contributed by atoms with Gasteiger partial charge < -0.3 is 43.8 Å². The van der Waals surface area contributed by atoms with E-state index in [0.29, 0.717) is 0 Å². The van der Waals surface area contributed by atoms with Gasteiger partial charge in [-0.05, 0) is 0 Å². The average Bonchev–Trinajstić information content (AvgIpc) is 0.918. The van der Waals surface area contributed by atoms with Gasteiger partial charge in [0.2, 0.25) is 0 Å². The van der Waals surface area contributed by atoms with E-state index < -0.39 is 7.35 Å². The molecule has 12 heteroatoms. The molecule has 0 amide bonds. The average molecular weight is 194 g/mol. The van der Waals surface area contributed by atoms with E-state index >= 15 is 0 Å². The normalized spacial score (nSPS) is 0.667. The van der Waals surface area contributed by atoms with Gasteiger partial charge in [0.05, 0.1) is 0 Å². The minimum atomic E-state index is -0.500. The van der Waals surface area contributed by atoms with Crippen LogP contribution in [0.4, 0.5) is 0 Å². The first-order valence-corrected chi connectivity index (χ1v) is 0.471. The van der Waals surface area contributed by atoms with Gasteiger partial charge in [0, 0.05) is 0 Å². The van der Waals surface area contributed by atoms with E-state index in [9.17, 15) is 0 Å². The van der Waals surface area contributed by atoms with Crippen molar-refractivity contribution in [2.75, 3.05) is 0 Å². The molecule has 0 atom stereocenters. The summed E-state index contributed by atoms with van der Waals surface area (Å²) in [6.45, 7) is 0. The second-order valence-electron chi connectivity index (χ2n) is 0.0962. The number of rotatable bonds is 0. The molecule has 0 saturated heterocycles. The van der Waals surface area contributed by atoms with Crippen LogP contribution in [0.1, 0.15) is 0 Å². The van der Waals surface area contributed by atoms with Crippen LogP contribution in [0.25, 0.3) is 0 Å². The van der Waals surface area contributed by atoms with E-state index in [1.807, 2.05) is 0 Å². The standard InChI is InChI=1S/BO2.Li.8H2O/c2-1-3;;;;;;;;;/h;;8*1H2/q-1;+1;;;;;;;;. The van der Waals surface area contributed by atoms with Gasteiger partial charge in [-0.25, -0.2) is 0 Å². The van der Waals surface area contributed by atoms with Gasteiger partial charge in [-0.2, -0.15) is 0 Å². The Hall–Kier alpha value is -0.0577. The molecule has 16 N–H and O–H groups in total. The van der Waals surface area contributed by atoms with Crippen molar-refractivity contribution < 1.29 is 72.4 Å². The Labute approximate surface area is 80.5 Å². The van der Waals surface area contributed by atoms with E-state index in [0.717, 1.165) is 0 Å². The van der Waals surface area contributed by atoms with Crippen LogP contribution >= 0.6 is 0 Å². The summed E-state index contributed by atoms with van der Waals surface area (Å²) in [5.74, 6) is 0. The largest absolute Gasteiger partial charge is 1.00 e. The van der Waals surface area contributed by atoms with Gasteiger partial charge in [0.25, 0.3) is 0 Å². The molecule has 12 heavy (non-hydrogen) atoms. The summed E-state index contributed by atoms with van der Waals surface area (Å²) in [5, 5.41) is 8.25. The van der Waals surface area contributed by atoms with Gasteiger partial charge in [0.15, 0.2) is 0 Å². The summed E-state index contributed by atoms with van der Waals surface area (Å²) in [5.41, 5.74) is 0. The molecule has 0 radical (unpaired) electrons. The van der Waals surface area contributed by atoms with Crippen LogP contribution in [0.5, 0.6) is 0 Å². The summed E-state index contributed by atoms with van der Waals surface area (Å²) in [7, 11) is -0.500. The number of hydrogen-bond acceptors (Lipinski definition) is 2. The van der Waals surface area contributed by atoms with Crippen LogP contribution in [0, 0.1) is 0 Å². The van der Waals surface area contributed by atoms with Gasteiger partial charge in [-0.1, -0.05) is 0 Å². The molecule has 0 aromatic rings. The van der Waals surface area contributed by atoms with Crippen molar-refractivity contribution in [2.24, 2.45) is 0 Å². The second kappa shape index (κ2) is 1220. The Balaban J connectivity index is -0.000000000556. The Bertz CT molecular complexity index is 17.3. The molecule has 10 nitrogen and oxygen atoms in total. The van der Waals surface area contributed by atoms with Crippen molar-refractivity contribution in [2.45, 2.75) is 0 Å². The van der Waals surface area contributed by atoms with Crippen molar-refractivity contribution in [3.63, 3.8) is 0 Å². The molecule has 0 aliphatic heterocycles. The minimum absolute atomic E-state index is 0. The molecule has 0 fully saturated rings. The van der Waals surface area contributed by atoms with E-state index in [-0.39, 0.29) is 62.7 Å². The van der Waals surface area contributed by atoms with Crippen molar-refractivity contribution in [3.8, 4) is 0 Å². The second-order valence-corrected chi connectivity index (χ2v) is 0.0962. The third-order valence-corrected chi connectivity index (χ3v) is 0. The fraction of sp³-hybridized carbons (Fsp3) is 0. The molecule has 0 rings (SSSR count). The third kappa shape index (κ3) is 239000. The van der Waals surface area contributed by atoms with E-state index in [1.54, 1.807) is 0 Å². The van der Waals surface area contributed by atoms with Gasteiger partial charge in [-0.3, -0.25) is 0 Å². The molecule has 0 aromatic carbocycles. The summed E-state index contributed by atoms with van der Waals surface area (Å²) in [4.78, 5) is 0. The summed E-state index contributed by atoms with van der Waals surface area (Å²) < 4.78 is 8.25. The van der Waals surface area contributed by atoms with Crippen LogP contribution in [-0.4, -0.2) is 51.2 Å². The Kier molecular flexibility index (Phi) is 38500. The van der Waals surface area contributed by atoms with Crippen LogP contribution in [0.15, 0.2) is 0 Å².